The minimum Gasteiger partial charge on any atom is -0.0622 e. The molecule has 29 heavy (non-hydrogen) atoms. The van der Waals surface area contributed by atoms with Crippen LogP contribution in [-0.2, 0) is 0 Å². The van der Waals surface area contributed by atoms with Crippen LogP contribution in [-0.4, -0.2) is 0 Å². The second kappa shape index (κ2) is 7.27. The van der Waals surface area contributed by atoms with Gasteiger partial charge < -0.3 is 0 Å². The molecule has 4 aliphatic carbocycles. The Morgan fingerprint density at radius 3 is 2.17 bits per heavy atom. The van der Waals surface area contributed by atoms with E-state index in [1.165, 1.54) is 51.4 Å². The molecule has 0 saturated heterocycles. The van der Waals surface area contributed by atoms with Gasteiger partial charge in [-0.1, -0.05) is 55.4 Å². The van der Waals surface area contributed by atoms with Crippen LogP contribution in [0.4, 0.5) is 0 Å². The first kappa shape index (κ1) is 22.2. The van der Waals surface area contributed by atoms with E-state index in [4.69, 9.17) is 0 Å². The van der Waals surface area contributed by atoms with Crippen molar-refractivity contribution in [3.8, 4) is 0 Å². The third-order valence-electron chi connectivity index (χ3n) is 11.3. The highest BCUT2D eigenvalue weighted by atomic mass is 14.7. The molecule has 0 radical (unpaired) electrons. The van der Waals surface area contributed by atoms with Gasteiger partial charge in [0.25, 0.3) is 0 Å². The second-order valence-corrected chi connectivity index (χ2v) is 14.8. The standard InChI is InChI=1S/C29H52/c1-20(13-15-26(2,3)4)23-11-12-24-22-10-9-21-19-27(5,6)17-18-28(21,7)25(22)14-16-29(23,24)8/h20-25H,9-19H2,1-8H3/t20-,21+,22+,23-,24+,25+,28+,29-/m1/s1. The van der Waals surface area contributed by atoms with Crippen LogP contribution < -0.4 is 0 Å². The average molecular weight is 401 g/mol. The molecule has 0 unspecified atom stereocenters. The van der Waals surface area contributed by atoms with Gasteiger partial charge in [-0.05, 0) is 128 Å². The average Bonchev–Trinajstić information content (AvgIpc) is 2.97. The summed E-state index contributed by atoms with van der Waals surface area (Å²) in [5.74, 6) is 6.06. The predicted molar refractivity (Wildman–Crippen MR) is 127 cm³/mol. The predicted octanol–water partition coefficient (Wildman–Crippen LogP) is 9.13. The van der Waals surface area contributed by atoms with Crippen molar-refractivity contribution in [2.75, 3.05) is 0 Å². The third-order valence-corrected chi connectivity index (χ3v) is 11.3. The zero-order valence-corrected chi connectivity index (χ0v) is 21.2. The Morgan fingerprint density at radius 2 is 1.48 bits per heavy atom. The summed E-state index contributed by atoms with van der Waals surface area (Å²) in [6.45, 7) is 20.5. The lowest BCUT2D eigenvalue weighted by molar-refractivity contribution is -0.129. The topological polar surface area (TPSA) is 0 Å². The fourth-order valence-electron chi connectivity index (χ4n) is 9.47. The fraction of sp³-hybridized carbons (Fsp3) is 1.00. The molecule has 0 aromatic carbocycles. The maximum atomic E-state index is 2.75. The van der Waals surface area contributed by atoms with Crippen molar-refractivity contribution in [3.05, 3.63) is 0 Å². The van der Waals surface area contributed by atoms with Crippen molar-refractivity contribution in [3.63, 3.8) is 0 Å². The summed E-state index contributed by atoms with van der Waals surface area (Å²) in [5.41, 5.74) is 2.40. The Morgan fingerprint density at radius 1 is 0.793 bits per heavy atom. The molecule has 168 valence electrons. The molecule has 0 aromatic rings. The minimum absolute atomic E-state index is 0.493. The molecule has 0 N–H and O–H groups in total. The number of hydrogen-bond acceptors (Lipinski definition) is 0. The van der Waals surface area contributed by atoms with Crippen LogP contribution in [0.1, 0.15) is 126 Å². The summed E-state index contributed by atoms with van der Waals surface area (Å²) >= 11 is 0. The summed E-state index contributed by atoms with van der Waals surface area (Å²) in [6, 6.07) is 0. The Balaban J connectivity index is 1.49. The highest BCUT2D eigenvalue weighted by molar-refractivity contribution is 5.10. The molecule has 0 bridgehead atoms. The molecule has 0 amide bonds. The SMILES string of the molecule is C[C@H](CCC(C)(C)C)[C@H]1CC[C@H]2[C@@H]3CC[C@H]4CC(C)(C)CC[C@]4(C)[C@H]3CC[C@]12C. The molecule has 0 heterocycles. The molecule has 0 nitrogen and oxygen atoms in total. The van der Waals surface area contributed by atoms with Crippen molar-refractivity contribution in [1.82, 2.24) is 0 Å². The molecular weight excluding hydrogens is 348 g/mol. The minimum atomic E-state index is 0.493. The molecule has 4 fully saturated rings. The molecule has 0 spiro atoms. The smallest absolute Gasteiger partial charge is 0.0264 e. The van der Waals surface area contributed by atoms with Crippen molar-refractivity contribution in [2.45, 2.75) is 126 Å². The van der Waals surface area contributed by atoms with E-state index >= 15 is 0 Å². The molecule has 0 aromatic heterocycles. The zero-order valence-electron chi connectivity index (χ0n) is 21.2. The van der Waals surface area contributed by atoms with Gasteiger partial charge in [0.05, 0.1) is 0 Å². The van der Waals surface area contributed by atoms with E-state index in [0.717, 1.165) is 35.5 Å². The summed E-state index contributed by atoms with van der Waals surface area (Å²) < 4.78 is 0. The molecule has 0 heteroatoms. The van der Waals surface area contributed by atoms with Crippen LogP contribution in [0.3, 0.4) is 0 Å². The van der Waals surface area contributed by atoms with Gasteiger partial charge >= 0.3 is 0 Å². The van der Waals surface area contributed by atoms with Crippen LogP contribution >= 0.6 is 0 Å². The van der Waals surface area contributed by atoms with Crippen molar-refractivity contribution < 1.29 is 0 Å². The van der Waals surface area contributed by atoms with Crippen LogP contribution in [0.15, 0.2) is 0 Å². The molecule has 0 aliphatic heterocycles. The Labute approximate surface area is 183 Å². The third kappa shape index (κ3) is 3.86. The van der Waals surface area contributed by atoms with E-state index in [0.29, 0.717) is 21.7 Å². The Kier molecular flexibility index (Phi) is 5.56. The fourth-order valence-corrected chi connectivity index (χ4v) is 9.47. The van der Waals surface area contributed by atoms with Gasteiger partial charge in [0.1, 0.15) is 0 Å². The molecule has 4 saturated carbocycles. The zero-order chi connectivity index (χ0) is 21.2. The largest absolute Gasteiger partial charge is 0.0622 e. The van der Waals surface area contributed by atoms with Gasteiger partial charge in [-0.15, -0.1) is 0 Å². The first-order valence-electron chi connectivity index (χ1n) is 13.4. The van der Waals surface area contributed by atoms with E-state index in [2.05, 4.69) is 55.4 Å². The molecule has 8 atom stereocenters. The monoisotopic (exact) mass is 400 g/mol. The van der Waals surface area contributed by atoms with Gasteiger partial charge in [-0.25, -0.2) is 0 Å². The van der Waals surface area contributed by atoms with Gasteiger partial charge in [0.2, 0.25) is 0 Å². The lowest BCUT2D eigenvalue weighted by Gasteiger charge is -2.62. The van der Waals surface area contributed by atoms with Crippen LogP contribution in [0.25, 0.3) is 0 Å². The summed E-state index contributed by atoms with van der Waals surface area (Å²) in [4.78, 5) is 0. The quantitative estimate of drug-likeness (QED) is 0.443. The number of fused-ring (bicyclic) bond motifs is 5. The lowest BCUT2D eigenvalue weighted by Crippen LogP contribution is -2.54. The number of hydrogen-bond donors (Lipinski definition) is 0. The van der Waals surface area contributed by atoms with Gasteiger partial charge in [-0.2, -0.15) is 0 Å². The highest BCUT2D eigenvalue weighted by Crippen LogP contribution is 2.69. The van der Waals surface area contributed by atoms with E-state index in [1.807, 2.05) is 0 Å². The molecular formula is C29H52. The van der Waals surface area contributed by atoms with Crippen LogP contribution in [0.2, 0.25) is 0 Å². The molecule has 4 rings (SSSR count). The first-order chi connectivity index (χ1) is 13.4. The van der Waals surface area contributed by atoms with Crippen molar-refractivity contribution in [2.24, 2.45) is 57.2 Å². The number of rotatable bonds is 3. The van der Waals surface area contributed by atoms with Gasteiger partial charge in [-0.3, -0.25) is 0 Å². The van der Waals surface area contributed by atoms with Crippen LogP contribution in [0.5, 0.6) is 0 Å². The van der Waals surface area contributed by atoms with E-state index < -0.39 is 0 Å². The van der Waals surface area contributed by atoms with E-state index in [1.54, 1.807) is 19.3 Å². The Hall–Kier alpha value is 0. The second-order valence-electron chi connectivity index (χ2n) is 14.8. The first-order valence-corrected chi connectivity index (χ1v) is 13.4. The Bertz CT molecular complexity index is 594. The summed E-state index contributed by atoms with van der Waals surface area (Å²) in [6.07, 6.45) is 16.6. The highest BCUT2D eigenvalue weighted by Gasteiger charge is 2.60. The van der Waals surface area contributed by atoms with Crippen LogP contribution in [0, 0.1) is 57.2 Å². The lowest BCUT2D eigenvalue weighted by atomic mass is 9.43. The maximum Gasteiger partial charge on any atom is -0.0264 e. The van der Waals surface area contributed by atoms with Gasteiger partial charge in [0, 0.05) is 0 Å². The summed E-state index contributed by atoms with van der Waals surface area (Å²) in [7, 11) is 0. The summed E-state index contributed by atoms with van der Waals surface area (Å²) in [5, 5.41) is 0. The normalized spacial score (nSPS) is 47.8. The van der Waals surface area contributed by atoms with Gasteiger partial charge in [0.15, 0.2) is 0 Å². The maximum absolute atomic E-state index is 2.75. The van der Waals surface area contributed by atoms with Crippen molar-refractivity contribution in [1.29, 1.82) is 0 Å². The molecule has 4 aliphatic rings. The van der Waals surface area contributed by atoms with E-state index in [9.17, 15) is 0 Å². The van der Waals surface area contributed by atoms with Crippen molar-refractivity contribution >= 4 is 0 Å². The van der Waals surface area contributed by atoms with E-state index in [-0.39, 0.29) is 0 Å².